The molecule has 0 fully saturated rings. The number of imidazole rings is 1. The summed E-state index contributed by atoms with van der Waals surface area (Å²) in [6.45, 7) is 3.41. The van der Waals surface area contributed by atoms with Crippen LogP contribution in [0.25, 0.3) is 0 Å². The summed E-state index contributed by atoms with van der Waals surface area (Å²) in [5, 5.41) is 2.96. The van der Waals surface area contributed by atoms with E-state index in [1.807, 2.05) is 0 Å². The first-order valence-corrected chi connectivity index (χ1v) is 8.38. The highest BCUT2D eigenvalue weighted by atomic mass is 32.2. The molecule has 1 aromatic rings. The van der Waals surface area contributed by atoms with E-state index >= 15 is 0 Å². The number of halogens is 3. The van der Waals surface area contributed by atoms with Gasteiger partial charge >= 0.3 is 6.18 Å². The molecule has 0 amide bonds. The standard InChI is InChI=1S/C12H18F3N3O2S/c1-11(2,21(3,19)20)7-18-9-4-5-16-6-8(9)17-10(18)12(13,14)15/h16H,4-7H2,1-3H3. The van der Waals surface area contributed by atoms with Gasteiger partial charge in [0.05, 0.1) is 10.4 Å². The van der Waals surface area contributed by atoms with Gasteiger partial charge in [-0.05, 0) is 13.8 Å². The summed E-state index contributed by atoms with van der Waals surface area (Å²) in [6.07, 6.45) is -3.17. The number of fused-ring (bicyclic) bond motifs is 1. The fourth-order valence-corrected chi connectivity index (χ4v) is 2.62. The number of hydrogen-bond donors (Lipinski definition) is 1. The Balaban J connectivity index is 2.54. The van der Waals surface area contributed by atoms with Gasteiger partial charge in [-0.15, -0.1) is 0 Å². The smallest absolute Gasteiger partial charge is 0.323 e. The zero-order valence-corrected chi connectivity index (χ0v) is 12.9. The molecule has 1 aliphatic rings. The molecule has 0 spiro atoms. The Bertz CT molecular complexity index is 647. The van der Waals surface area contributed by atoms with Crippen molar-refractivity contribution in [3.63, 3.8) is 0 Å². The molecule has 2 heterocycles. The normalized spacial score (nSPS) is 16.9. The summed E-state index contributed by atoms with van der Waals surface area (Å²) >= 11 is 0. The van der Waals surface area contributed by atoms with E-state index in [4.69, 9.17) is 0 Å². The Morgan fingerprint density at radius 1 is 1.33 bits per heavy atom. The van der Waals surface area contributed by atoms with Crippen molar-refractivity contribution in [2.24, 2.45) is 0 Å². The molecule has 1 aliphatic heterocycles. The zero-order valence-electron chi connectivity index (χ0n) is 12.1. The van der Waals surface area contributed by atoms with Crippen LogP contribution in [0.4, 0.5) is 13.2 Å². The third-order valence-electron chi connectivity index (χ3n) is 3.78. The molecule has 21 heavy (non-hydrogen) atoms. The SMILES string of the molecule is CC(C)(Cn1c(C(F)(F)F)nc2c1CCNC2)S(C)(=O)=O. The van der Waals surface area contributed by atoms with Crippen molar-refractivity contribution in [2.75, 3.05) is 12.8 Å². The van der Waals surface area contributed by atoms with Crippen LogP contribution in [0, 0.1) is 0 Å². The Labute approximate surface area is 121 Å². The zero-order chi connectivity index (χ0) is 16.1. The summed E-state index contributed by atoms with van der Waals surface area (Å²) in [5.41, 5.74) is 0.815. The van der Waals surface area contributed by atoms with Crippen molar-refractivity contribution < 1.29 is 21.6 Å². The van der Waals surface area contributed by atoms with E-state index in [0.29, 0.717) is 24.4 Å². The van der Waals surface area contributed by atoms with Gasteiger partial charge in [-0.2, -0.15) is 13.2 Å². The largest absolute Gasteiger partial charge is 0.449 e. The second kappa shape index (κ2) is 4.98. The van der Waals surface area contributed by atoms with Gasteiger partial charge in [0.15, 0.2) is 9.84 Å². The molecular weight excluding hydrogens is 307 g/mol. The highest BCUT2D eigenvalue weighted by Gasteiger charge is 2.42. The van der Waals surface area contributed by atoms with Crippen LogP contribution in [0.2, 0.25) is 0 Å². The fraction of sp³-hybridized carbons (Fsp3) is 0.750. The second-order valence-electron chi connectivity index (χ2n) is 5.87. The van der Waals surface area contributed by atoms with Crippen LogP contribution < -0.4 is 5.32 Å². The van der Waals surface area contributed by atoms with Crippen LogP contribution in [-0.2, 0) is 35.5 Å². The van der Waals surface area contributed by atoms with Crippen molar-refractivity contribution in [2.45, 2.75) is 44.3 Å². The number of sulfone groups is 1. The lowest BCUT2D eigenvalue weighted by Crippen LogP contribution is -2.38. The summed E-state index contributed by atoms with van der Waals surface area (Å²) in [7, 11) is -3.50. The Morgan fingerprint density at radius 2 is 1.95 bits per heavy atom. The monoisotopic (exact) mass is 325 g/mol. The fourth-order valence-electron chi connectivity index (χ4n) is 2.26. The molecule has 9 heteroatoms. The molecule has 5 nitrogen and oxygen atoms in total. The van der Waals surface area contributed by atoms with Crippen molar-refractivity contribution in [1.82, 2.24) is 14.9 Å². The van der Waals surface area contributed by atoms with E-state index in [0.717, 1.165) is 10.8 Å². The Hall–Kier alpha value is -1.09. The van der Waals surface area contributed by atoms with E-state index < -0.39 is 26.6 Å². The molecule has 1 N–H and O–H groups in total. The van der Waals surface area contributed by atoms with Gasteiger partial charge in [-0.3, -0.25) is 0 Å². The number of nitrogens with one attached hydrogen (secondary N) is 1. The van der Waals surface area contributed by atoms with Crippen molar-refractivity contribution >= 4 is 9.84 Å². The number of rotatable bonds is 3. The predicted molar refractivity (Wildman–Crippen MR) is 71.6 cm³/mol. The lowest BCUT2D eigenvalue weighted by molar-refractivity contribution is -0.147. The lowest BCUT2D eigenvalue weighted by atomic mass is 10.1. The van der Waals surface area contributed by atoms with Crippen LogP contribution >= 0.6 is 0 Å². The van der Waals surface area contributed by atoms with Gasteiger partial charge in [-0.25, -0.2) is 13.4 Å². The van der Waals surface area contributed by atoms with Crippen molar-refractivity contribution in [1.29, 1.82) is 0 Å². The van der Waals surface area contributed by atoms with Crippen LogP contribution in [0.15, 0.2) is 0 Å². The predicted octanol–water partition coefficient (Wildman–Crippen LogP) is 1.37. The third kappa shape index (κ3) is 3.08. The lowest BCUT2D eigenvalue weighted by Gasteiger charge is -2.26. The summed E-state index contributed by atoms with van der Waals surface area (Å²) < 4.78 is 62.7. The van der Waals surface area contributed by atoms with Crippen LogP contribution in [0.5, 0.6) is 0 Å². The molecule has 1 aromatic heterocycles. The summed E-state index contributed by atoms with van der Waals surface area (Å²) in [6, 6.07) is 0. The summed E-state index contributed by atoms with van der Waals surface area (Å²) in [4.78, 5) is 3.67. The van der Waals surface area contributed by atoms with Crippen LogP contribution in [-0.4, -0.2) is 35.5 Å². The van der Waals surface area contributed by atoms with Gasteiger partial charge < -0.3 is 9.88 Å². The molecule has 0 bridgehead atoms. The first kappa shape index (κ1) is 16.3. The maximum Gasteiger partial charge on any atom is 0.449 e. The number of nitrogens with zero attached hydrogens (tertiary/aromatic N) is 2. The molecular formula is C12H18F3N3O2S. The molecule has 0 saturated carbocycles. The Kier molecular flexibility index (Phi) is 3.86. The molecule has 120 valence electrons. The highest BCUT2D eigenvalue weighted by Crippen LogP contribution is 2.33. The minimum atomic E-state index is -4.61. The topological polar surface area (TPSA) is 64.0 Å². The second-order valence-corrected chi connectivity index (χ2v) is 8.52. The van der Waals surface area contributed by atoms with Gasteiger partial charge in [0, 0.05) is 38.0 Å². The number of alkyl halides is 3. The molecule has 0 radical (unpaired) electrons. The van der Waals surface area contributed by atoms with E-state index in [1.54, 1.807) is 0 Å². The maximum atomic E-state index is 13.2. The summed E-state index contributed by atoms with van der Waals surface area (Å²) in [5.74, 6) is -1.02. The Morgan fingerprint density at radius 3 is 2.48 bits per heavy atom. The quantitative estimate of drug-likeness (QED) is 0.912. The van der Waals surface area contributed by atoms with Crippen LogP contribution in [0.1, 0.15) is 31.1 Å². The minimum absolute atomic E-state index is 0.261. The van der Waals surface area contributed by atoms with Gasteiger partial charge in [-0.1, -0.05) is 0 Å². The molecule has 0 unspecified atom stereocenters. The molecule has 0 aliphatic carbocycles. The molecule has 2 rings (SSSR count). The van der Waals surface area contributed by atoms with E-state index in [2.05, 4.69) is 10.3 Å². The van der Waals surface area contributed by atoms with Crippen LogP contribution in [0.3, 0.4) is 0 Å². The average Bonchev–Trinajstić information content (AvgIpc) is 2.66. The third-order valence-corrected chi connectivity index (χ3v) is 5.92. The number of aromatic nitrogens is 2. The first-order valence-electron chi connectivity index (χ1n) is 6.49. The molecule has 0 saturated heterocycles. The number of hydrogen-bond acceptors (Lipinski definition) is 4. The maximum absolute atomic E-state index is 13.2. The van der Waals surface area contributed by atoms with Gasteiger partial charge in [0.25, 0.3) is 0 Å². The highest BCUT2D eigenvalue weighted by molar-refractivity contribution is 7.92. The average molecular weight is 325 g/mol. The van der Waals surface area contributed by atoms with Crippen molar-refractivity contribution in [3.05, 3.63) is 17.2 Å². The minimum Gasteiger partial charge on any atom is -0.323 e. The van der Waals surface area contributed by atoms with Crippen molar-refractivity contribution in [3.8, 4) is 0 Å². The van der Waals surface area contributed by atoms with Gasteiger partial charge in [0.1, 0.15) is 0 Å². The van der Waals surface area contributed by atoms with E-state index in [-0.39, 0.29) is 13.1 Å². The molecule has 0 aromatic carbocycles. The van der Waals surface area contributed by atoms with E-state index in [9.17, 15) is 21.6 Å². The van der Waals surface area contributed by atoms with E-state index in [1.165, 1.54) is 13.8 Å². The first-order chi connectivity index (χ1) is 9.43. The van der Waals surface area contributed by atoms with Gasteiger partial charge in [0.2, 0.25) is 5.82 Å². The molecule has 0 atom stereocenters.